The molecule has 2 aromatic carbocycles. The summed E-state index contributed by atoms with van der Waals surface area (Å²) < 4.78 is 26.7. The fourth-order valence-electron chi connectivity index (χ4n) is 1.80. The summed E-state index contributed by atoms with van der Waals surface area (Å²) in [5.74, 6) is -0.858. The van der Waals surface area contributed by atoms with Gasteiger partial charge >= 0.3 is 5.97 Å². The van der Waals surface area contributed by atoms with Gasteiger partial charge in [-0.2, -0.15) is 0 Å². The maximum absolute atomic E-state index is 12.1. The Balaban J connectivity index is 2.08. The van der Waals surface area contributed by atoms with Gasteiger partial charge in [0.05, 0.1) is 4.90 Å². The molecule has 0 fully saturated rings. The van der Waals surface area contributed by atoms with Gasteiger partial charge in [0, 0.05) is 12.1 Å². The fourth-order valence-corrected chi connectivity index (χ4v) is 2.88. The Bertz CT molecular complexity index is 709. The highest BCUT2D eigenvalue weighted by molar-refractivity contribution is 7.92. The maximum atomic E-state index is 12.1. The molecule has 2 aromatic rings. The van der Waals surface area contributed by atoms with E-state index in [9.17, 15) is 13.2 Å². The van der Waals surface area contributed by atoms with Crippen LogP contribution in [0.5, 0.6) is 0 Å². The van der Waals surface area contributed by atoms with E-state index in [2.05, 4.69) is 4.72 Å². The molecular formula is C15H15NO4S. The molecule has 0 aliphatic heterocycles. The lowest BCUT2D eigenvalue weighted by atomic mass is 10.1. The molecule has 2 rings (SSSR count). The molecule has 2 N–H and O–H groups in total. The van der Waals surface area contributed by atoms with Gasteiger partial charge < -0.3 is 5.11 Å². The lowest BCUT2D eigenvalue weighted by Crippen LogP contribution is -2.12. The Kier molecular flexibility index (Phi) is 4.59. The predicted octanol–water partition coefficient (Wildman–Crippen LogP) is 2.50. The summed E-state index contributed by atoms with van der Waals surface area (Å²) >= 11 is 0. The van der Waals surface area contributed by atoms with Crippen molar-refractivity contribution in [2.75, 3.05) is 4.72 Å². The first kappa shape index (κ1) is 15.1. The van der Waals surface area contributed by atoms with Crippen molar-refractivity contribution >= 4 is 21.7 Å². The van der Waals surface area contributed by atoms with Gasteiger partial charge in [-0.3, -0.25) is 9.52 Å². The molecule has 5 nitrogen and oxygen atoms in total. The highest BCUT2D eigenvalue weighted by atomic mass is 32.2. The molecule has 0 radical (unpaired) electrons. The normalized spacial score (nSPS) is 11.0. The molecule has 21 heavy (non-hydrogen) atoms. The second-order valence-electron chi connectivity index (χ2n) is 4.51. The van der Waals surface area contributed by atoms with Gasteiger partial charge in [-0.25, -0.2) is 8.42 Å². The number of carboxylic acid groups (broad SMARTS) is 1. The molecule has 0 bridgehead atoms. The van der Waals surface area contributed by atoms with Gasteiger partial charge in [-0.15, -0.1) is 0 Å². The summed E-state index contributed by atoms with van der Waals surface area (Å²) in [6.07, 6.45) is 0.468. The van der Waals surface area contributed by atoms with E-state index in [0.29, 0.717) is 12.1 Å². The summed E-state index contributed by atoms with van der Waals surface area (Å²) in [7, 11) is -3.60. The number of aliphatic carboxylic acids is 1. The topological polar surface area (TPSA) is 83.5 Å². The minimum Gasteiger partial charge on any atom is -0.481 e. The van der Waals surface area contributed by atoms with E-state index in [1.54, 1.807) is 42.5 Å². The first-order valence-corrected chi connectivity index (χ1v) is 7.84. The smallest absolute Gasteiger partial charge is 0.303 e. The molecule has 0 aliphatic carbocycles. The number of sulfonamides is 1. The number of anilines is 1. The van der Waals surface area contributed by atoms with Crippen LogP contribution in [0.2, 0.25) is 0 Å². The lowest BCUT2D eigenvalue weighted by molar-refractivity contribution is -0.136. The van der Waals surface area contributed by atoms with Crippen LogP contribution in [0.25, 0.3) is 0 Å². The Hall–Kier alpha value is -2.34. The third-order valence-corrected chi connectivity index (χ3v) is 4.28. The molecule has 0 atom stereocenters. The van der Waals surface area contributed by atoms with E-state index in [1.807, 2.05) is 0 Å². The number of hydrogen-bond acceptors (Lipinski definition) is 3. The first-order chi connectivity index (χ1) is 9.97. The van der Waals surface area contributed by atoms with Crippen LogP contribution in [0.1, 0.15) is 12.0 Å². The summed E-state index contributed by atoms with van der Waals surface area (Å²) in [5.41, 5.74) is 1.29. The highest BCUT2D eigenvalue weighted by Crippen LogP contribution is 2.16. The van der Waals surface area contributed by atoms with Crippen molar-refractivity contribution in [1.82, 2.24) is 0 Å². The second kappa shape index (κ2) is 6.41. The highest BCUT2D eigenvalue weighted by Gasteiger charge is 2.13. The van der Waals surface area contributed by atoms with E-state index < -0.39 is 16.0 Å². The minimum absolute atomic E-state index is 0.0507. The van der Waals surface area contributed by atoms with Crippen molar-refractivity contribution in [2.24, 2.45) is 0 Å². The predicted molar refractivity (Wildman–Crippen MR) is 79.6 cm³/mol. The van der Waals surface area contributed by atoms with Gasteiger partial charge in [0.25, 0.3) is 10.0 Å². The van der Waals surface area contributed by atoms with Crippen LogP contribution in [0.3, 0.4) is 0 Å². The number of carboxylic acids is 1. The first-order valence-electron chi connectivity index (χ1n) is 6.36. The number of benzene rings is 2. The lowest BCUT2D eigenvalue weighted by Gasteiger charge is -2.08. The summed E-state index contributed by atoms with van der Waals surface area (Å²) in [5, 5.41) is 8.62. The molecule has 110 valence electrons. The average Bonchev–Trinajstić information content (AvgIpc) is 2.47. The quantitative estimate of drug-likeness (QED) is 0.859. The number of nitrogens with one attached hydrogen (secondary N) is 1. The van der Waals surface area contributed by atoms with Gasteiger partial charge in [0.1, 0.15) is 0 Å². The van der Waals surface area contributed by atoms with Crippen molar-refractivity contribution in [3.05, 3.63) is 60.2 Å². The van der Waals surface area contributed by atoms with Crippen LogP contribution in [0, 0.1) is 0 Å². The Labute approximate surface area is 123 Å². The van der Waals surface area contributed by atoms with Gasteiger partial charge in [0.2, 0.25) is 0 Å². The zero-order valence-electron chi connectivity index (χ0n) is 11.2. The van der Waals surface area contributed by atoms with E-state index in [4.69, 9.17) is 5.11 Å². The fraction of sp³-hybridized carbons (Fsp3) is 0.133. The summed E-state index contributed by atoms with van der Waals surface area (Å²) in [6, 6.07) is 14.8. The SMILES string of the molecule is O=C(O)CCc1ccc(NS(=O)(=O)c2ccccc2)cc1. The van der Waals surface area contributed by atoms with Crippen LogP contribution in [0.15, 0.2) is 59.5 Å². The maximum Gasteiger partial charge on any atom is 0.303 e. The number of rotatable bonds is 6. The minimum atomic E-state index is -3.60. The standard InChI is InChI=1S/C15H15NO4S/c17-15(18)11-8-12-6-9-13(10-7-12)16-21(19,20)14-4-2-1-3-5-14/h1-7,9-10,16H,8,11H2,(H,17,18). The van der Waals surface area contributed by atoms with Gasteiger partial charge in [0.15, 0.2) is 0 Å². The van der Waals surface area contributed by atoms with Crippen molar-refractivity contribution in [3.8, 4) is 0 Å². The second-order valence-corrected chi connectivity index (χ2v) is 6.19. The molecular weight excluding hydrogens is 290 g/mol. The molecule has 6 heteroatoms. The molecule has 0 aliphatic rings. The van der Waals surface area contributed by atoms with Crippen LogP contribution in [-0.2, 0) is 21.2 Å². The van der Waals surface area contributed by atoms with E-state index in [0.717, 1.165) is 5.56 Å². The van der Waals surface area contributed by atoms with Crippen LogP contribution in [-0.4, -0.2) is 19.5 Å². The monoisotopic (exact) mass is 305 g/mol. The number of aryl methyl sites for hydroxylation is 1. The number of hydrogen-bond donors (Lipinski definition) is 2. The van der Waals surface area contributed by atoms with Gasteiger partial charge in [-0.1, -0.05) is 30.3 Å². The van der Waals surface area contributed by atoms with Crippen molar-refractivity contribution < 1.29 is 18.3 Å². The van der Waals surface area contributed by atoms with Crippen LogP contribution < -0.4 is 4.72 Å². The van der Waals surface area contributed by atoms with Crippen molar-refractivity contribution in [1.29, 1.82) is 0 Å². The Morgan fingerprint density at radius 3 is 2.19 bits per heavy atom. The zero-order valence-corrected chi connectivity index (χ0v) is 12.0. The molecule has 0 unspecified atom stereocenters. The molecule has 0 amide bonds. The summed E-state index contributed by atoms with van der Waals surface area (Å²) in [6.45, 7) is 0. The van der Waals surface area contributed by atoms with Crippen LogP contribution in [0.4, 0.5) is 5.69 Å². The third-order valence-electron chi connectivity index (χ3n) is 2.89. The van der Waals surface area contributed by atoms with Crippen molar-refractivity contribution in [2.45, 2.75) is 17.7 Å². The third kappa shape index (κ3) is 4.32. The zero-order chi connectivity index (χ0) is 15.3. The van der Waals surface area contributed by atoms with E-state index >= 15 is 0 Å². The average molecular weight is 305 g/mol. The van der Waals surface area contributed by atoms with E-state index in [-0.39, 0.29) is 11.3 Å². The molecule has 0 spiro atoms. The molecule has 0 aromatic heterocycles. The Morgan fingerprint density at radius 2 is 1.62 bits per heavy atom. The van der Waals surface area contributed by atoms with Crippen LogP contribution >= 0.6 is 0 Å². The molecule has 0 saturated heterocycles. The largest absolute Gasteiger partial charge is 0.481 e. The van der Waals surface area contributed by atoms with E-state index in [1.165, 1.54) is 12.1 Å². The number of carbonyl (C=O) groups is 1. The summed E-state index contributed by atoms with van der Waals surface area (Å²) in [4.78, 5) is 10.7. The molecule has 0 saturated carbocycles. The Morgan fingerprint density at radius 1 is 1.00 bits per heavy atom. The van der Waals surface area contributed by atoms with Gasteiger partial charge in [-0.05, 0) is 36.2 Å². The van der Waals surface area contributed by atoms with Crippen molar-refractivity contribution in [3.63, 3.8) is 0 Å². The molecule has 0 heterocycles.